The van der Waals surface area contributed by atoms with Crippen molar-refractivity contribution in [2.45, 2.75) is 12.5 Å². The van der Waals surface area contributed by atoms with Crippen LogP contribution in [0.15, 0.2) is 24.5 Å². The molecular formula is C9H11NO3. The van der Waals surface area contributed by atoms with Gasteiger partial charge in [0.05, 0.1) is 0 Å². The van der Waals surface area contributed by atoms with Gasteiger partial charge < -0.3 is 9.84 Å². The minimum atomic E-state index is -0.945. The number of aliphatic carboxylic acids is 1. The fraction of sp³-hybridized carbons (Fsp3) is 0.333. The van der Waals surface area contributed by atoms with Crippen molar-refractivity contribution < 1.29 is 14.6 Å². The number of carbonyl (C=O) groups is 1. The third kappa shape index (κ3) is 2.83. The summed E-state index contributed by atoms with van der Waals surface area (Å²) in [5, 5.41) is 8.69. The molecule has 1 aromatic rings. The molecule has 4 nitrogen and oxygen atoms in total. The van der Waals surface area contributed by atoms with Crippen molar-refractivity contribution in [3.05, 3.63) is 30.1 Å². The molecule has 1 unspecified atom stereocenters. The number of pyridine rings is 1. The molecule has 1 rings (SSSR count). The highest BCUT2D eigenvalue weighted by atomic mass is 16.5. The Hall–Kier alpha value is -1.42. The van der Waals surface area contributed by atoms with Crippen LogP contribution in [-0.2, 0) is 16.0 Å². The molecule has 0 saturated carbocycles. The van der Waals surface area contributed by atoms with Crippen LogP contribution in [0.25, 0.3) is 0 Å². The van der Waals surface area contributed by atoms with Crippen LogP contribution in [-0.4, -0.2) is 29.3 Å². The zero-order valence-electron chi connectivity index (χ0n) is 7.30. The van der Waals surface area contributed by atoms with Crippen molar-refractivity contribution in [3.63, 3.8) is 0 Å². The predicted octanol–water partition coefficient (Wildman–Crippen LogP) is 0.724. The Morgan fingerprint density at radius 3 is 2.69 bits per heavy atom. The van der Waals surface area contributed by atoms with Crippen LogP contribution in [0.3, 0.4) is 0 Å². The molecule has 0 spiro atoms. The molecule has 0 aliphatic carbocycles. The molecule has 13 heavy (non-hydrogen) atoms. The van der Waals surface area contributed by atoms with Gasteiger partial charge >= 0.3 is 5.97 Å². The summed E-state index contributed by atoms with van der Waals surface area (Å²) in [6, 6.07) is 3.55. The van der Waals surface area contributed by atoms with Gasteiger partial charge in [-0.15, -0.1) is 0 Å². The van der Waals surface area contributed by atoms with Gasteiger partial charge in [-0.3, -0.25) is 4.98 Å². The first-order valence-electron chi connectivity index (χ1n) is 3.88. The maximum absolute atomic E-state index is 10.6. The van der Waals surface area contributed by atoms with Gasteiger partial charge in [-0.1, -0.05) is 0 Å². The zero-order valence-corrected chi connectivity index (χ0v) is 7.30. The van der Waals surface area contributed by atoms with E-state index in [2.05, 4.69) is 4.98 Å². The van der Waals surface area contributed by atoms with Crippen LogP contribution in [0.2, 0.25) is 0 Å². The Morgan fingerprint density at radius 1 is 1.62 bits per heavy atom. The third-order valence-electron chi connectivity index (χ3n) is 1.73. The standard InChI is InChI=1S/C9H11NO3/c1-13-8(9(11)12)6-7-2-4-10-5-3-7/h2-5,8H,6H2,1H3,(H,11,12). The van der Waals surface area contributed by atoms with E-state index >= 15 is 0 Å². The second-order valence-electron chi connectivity index (χ2n) is 2.62. The number of aromatic nitrogens is 1. The normalized spacial score (nSPS) is 12.4. The third-order valence-corrected chi connectivity index (χ3v) is 1.73. The molecule has 4 heteroatoms. The lowest BCUT2D eigenvalue weighted by atomic mass is 10.1. The molecule has 1 aromatic heterocycles. The lowest BCUT2D eigenvalue weighted by Gasteiger charge is -2.09. The second kappa shape index (κ2) is 4.57. The summed E-state index contributed by atoms with van der Waals surface area (Å²) < 4.78 is 4.80. The van der Waals surface area contributed by atoms with Crippen molar-refractivity contribution in [2.75, 3.05) is 7.11 Å². The first kappa shape index (κ1) is 9.67. The van der Waals surface area contributed by atoms with Gasteiger partial charge in [-0.05, 0) is 17.7 Å². The topological polar surface area (TPSA) is 59.4 Å². The number of carboxylic acid groups (broad SMARTS) is 1. The molecule has 0 radical (unpaired) electrons. The first-order chi connectivity index (χ1) is 6.24. The highest BCUT2D eigenvalue weighted by Gasteiger charge is 2.16. The van der Waals surface area contributed by atoms with E-state index in [1.807, 2.05) is 0 Å². The quantitative estimate of drug-likeness (QED) is 0.743. The van der Waals surface area contributed by atoms with Gasteiger partial charge in [-0.25, -0.2) is 4.79 Å². The minimum Gasteiger partial charge on any atom is -0.479 e. The van der Waals surface area contributed by atoms with Crippen LogP contribution >= 0.6 is 0 Å². The lowest BCUT2D eigenvalue weighted by Crippen LogP contribution is -2.24. The molecule has 0 aromatic carbocycles. The van der Waals surface area contributed by atoms with Crippen molar-refractivity contribution in [3.8, 4) is 0 Å². The van der Waals surface area contributed by atoms with Gasteiger partial charge in [-0.2, -0.15) is 0 Å². The summed E-state index contributed by atoms with van der Waals surface area (Å²) >= 11 is 0. The Morgan fingerprint density at radius 2 is 2.23 bits per heavy atom. The van der Waals surface area contributed by atoms with E-state index in [1.165, 1.54) is 7.11 Å². The summed E-state index contributed by atoms with van der Waals surface area (Å²) in [4.78, 5) is 14.4. The van der Waals surface area contributed by atoms with Gasteiger partial charge in [0, 0.05) is 25.9 Å². The van der Waals surface area contributed by atoms with E-state index in [-0.39, 0.29) is 0 Å². The monoisotopic (exact) mass is 181 g/mol. The van der Waals surface area contributed by atoms with Gasteiger partial charge in [0.1, 0.15) is 0 Å². The molecule has 0 saturated heterocycles. The zero-order chi connectivity index (χ0) is 9.68. The summed E-state index contributed by atoms with van der Waals surface area (Å²) in [7, 11) is 1.39. The summed E-state index contributed by atoms with van der Waals surface area (Å²) in [5.41, 5.74) is 0.907. The summed E-state index contributed by atoms with van der Waals surface area (Å²) in [5.74, 6) is -0.945. The average molecular weight is 181 g/mol. The number of methoxy groups -OCH3 is 1. The van der Waals surface area contributed by atoms with E-state index in [9.17, 15) is 4.79 Å². The van der Waals surface area contributed by atoms with E-state index < -0.39 is 12.1 Å². The highest BCUT2D eigenvalue weighted by Crippen LogP contribution is 2.04. The Labute approximate surface area is 76.2 Å². The molecule has 70 valence electrons. The number of carboxylic acids is 1. The molecule has 1 atom stereocenters. The minimum absolute atomic E-state index is 0.369. The van der Waals surface area contributed by atoms with Crippen molar-refractivity contribution in [2.24, 2.45) is 0 Å². The molecule has 1 heterocycles. The Kier molecular flexibility index (Phi) is 3.40. The van der Waals surface area contributed by atoms with Crippen molar-refractivity contribution in [1.29, 1.82) is 0 Å². The Balaban J connectivity index is 2.62. The SMILES string of the molecule is COC(Cc1ccncc1)C(=O)O. The number of hydrogen-bond acceptors (Lipinski definition) is 3. The van der Waals surface area contributed by atoms with E-state index in [4.69, 9.17) is 9.84 Å². The molecule has 0 aliphatic rings. The highest BCUT2D eigenvalue weighted by molar-refractivity contribution is 5.72. The second-order valence-corrected chi connectivity index (χ2v) is 2.62. The lowest BCUT2D eigenvalue weighted by molar-refractivity contribution is -0.148. The fourth-order valence-corrected chi connectivity index (χ4v) is 1.00. The van der Waals surface area contributed by atoms with Crippen molar-refractivity contribution in [1.82, 2.24) is 4.98 Å². The van der Waals surface area contributed by atoms with Gasteiger partial charge in [0.25, 0.3) is 0 Å². The molecule has 0 bridgehead atoms. The average Bonchev–Trinajstić information content (AvgIpc) is 2.15. The Bertz CT molecular complexity index is 273. The van der Waals surface area contributed by atoms with Crippen LogP contribution in [0, 0.1) is 0 Å². The molecule has 0 aliphatic heterocycles. The number of ether oxygens (including phenoxy) is 1. The predicted molar refractivity (Wildman–Crippen MR) is 46.4 cm³/mol. The largest absolute Gasteiger partial charge is 0.479 e. The summed E-state index contributed by atoms with van der Waals surface area (Å²) in [6.45, 7) is 0. The first-order valence-corrected chi connectivity index (χ1v) is 3.88. The van der Waals surface area contributed by atoms with Crippen LogP contribution in [0.4, 0.5) is 0 Å². The molecule has 0 amide bonds. The van der Waals surface area contributed by atoms with Gasteiger partial charge in [0.2, 0.25) is 0 Å². The van der Waals surface area contributed by atoms with Gasteiger partial charge in [0.15, 0.2) is 6.10 Å². The maximum atomic E-state index is 10.6. The smallest absolute Gasteiger partial charge is 0.333 e. The maximum Gasteiger partial charge on any atom is 0.333 e. The molecule has 1 N–H and O–H groups in total. The van der Waals surface area contributed by atoms with E-state index in [0.29, 0.717) is 6.42 Å². The number of nitrogens with zero attached hydrogens (tertiary/aromatic N) is 1. The van der Waals surface area contributed by atoms with E-state index in [1.54, 1.807) is 24.5 Å². The number of hydrogen-bond donors (Lipinski definition) is 1. The van der Waals surface area contributed by atoms with Crippen LogP contribution < -0.4 is 0 Å². The fourth-order valence-electron chi connectivity index (χ4n) is 1.00. The van der Waals surface area contributed by atoms with E-state index in [0.717, 1.165) is 5.56 Å². The van der Waals surface area contributed by atoms with Crippen LogP contribution in [0.1, 0.15) is 5.56 Å². The molecule has 0 fully saturated rings. The number of rotatable bonds is 4. The summed E-state index contributed by atoms with van der Waals surface area (Å²) in [6.07, 6.45) is 2.85. The van der Waals surface area contributed by atoms with Crippen molar-refractivity contribution >= 4 is 5.97 Å². The molecular weight excluding hydrogens is 170 g/mol. The van der Waals surface area contributed by atoms with Crippen LogP contribution in [0.5, 0.6) is 0 Å².